The number of anilines is 1. The van der Waals surface area contributed by atoms with Gasteiger partial charge in [-0.2, -0.15) is 0 Å². The molecular weight excluding hydrogens is 274 g/mol. The van der Waals surface area contributed by atoms with Gasteiger partial charge in [0.05, 0.1) is 28.8 Å². The van der Waals surface area contributed by atoms with Crippen molar-refractivity contribution >= 4 is 34.0 Å². The highest BCUT2D eigenvalue weighted by molar-refractivity contribution is 7.07. The van der Waals surface area contributed by atoms with Crippen molar-refractivity contribution in [2.24, 2.45) is 0 Å². The largest absolute Gasteiger partial charge is 0.478 e. The Morgan fingerprint density at radius 3 is 2.95 bits per heavy atom. The van der Waals surface area contributed by atoms with E-state index in [1.165, 1.54) is 0 Å². The molecule has 0 aliphatic carbocycles. The minimum atomic E-state index is -0.944. The van der Waals surface area contributed by atoms with Gasteiger partial charge in [0.1, 0.15) is 5.82 Å². The van der Waals surface area contributed by atoms with E-state index in [9.17, 15) is 4.79 Å². The number of pyridine rings is 1. The molecule has 0 aliphatic rings. The Morgan fingerprint density at radius 2 is 2.20 bits per heavy atom. The minimum Gasteiger partial charge on any atom is -0.478 e. The summed E-state index contributed by atoms with van der Waals surface area (Å²) in [5.74, 6) is -0.242. The summed E-state index contributed by atoms with van der Waals surface area (Å²) in [5, 5.41) is 14.9. The molecule has 0 atom stereocenters. The van der Waals surface area contributed by atoms with Crippen molar-refractivity contribution in [3.05, 3.63) is 52.5 Å². The lowest BCUT2D eigenvalue weighted by molar-refractivity contribution is 0.0699. The van der Waals surface area contributed by atoms with Crippen molar-refractivity contribution in [1.29, 1.82) is 0 Å². The van der Waals surface area contributed by atoms with Crippen LogP contribution in [0.25, 0.3) is 10.9 Å². The Morgan fingerprint density at radius 1 is 1.30 bits per heavy atom. The van der Waals surface area contributed by atoms with Gasteiger partial charge in [-0.05, 0) is 24.3 Å². The fourth-order valence-corrected chi connectivity index (χ4v) is 2.50. The third-order valence-corrected chi connectivity index (χ3v) is 3.53. The second-order valence-corrected chi connectivity index (χ2v) is 4.93. The lowest BCUT2D eigenvalue weighted by atomic mass is 10.1. The van der Waals surface area contributed by atoms with Gasteiger partial charge in [0.2, 0.25) is 0 Å². The van der Waals surface area contributed by atoms with Crippen molar-refractivity contribution in [1.82, 2.24) is 9.97 Å². The van der Waals surface area contributed by atoms with Crippen molar-refractivity contribution < 1.29 is 9.90 Å². The molecule has 20 heavy (non-hydrogen) atoms. The molecule has 2 N–H and O–H groups in total. The van der Waals surface area contributed by atoms with E-state index in [0.29, 0.717) is 23.3 Å². The molecule has 5 nitrogen and oxygen atoms in total. The van der Waals surface area contributed by atoms with Gasteiger partial charge in [-0.15, -0.1) is 11.3 Å². The average Bonchev–Trinajstić information content (AvgIpc) is 2.97. The topological polar surface area (TPSA) is 75.1 Å². The number of fused-ring (bicyclic) bond motifs is 1. The molecule has 3 rings (SSSR count). The highest BCUT2D eigenvalue weighted by Crippen LogP contribution is 2.19. The second-order valence-electron chi connectivity index (χ2n) is 4.21. The first-order valence-corrected chi connectivity index (χ1v) is 6.92. The van der Waals surface area contributed by atoms with E-state index in [-0.39, 0.29) is 5.56 Å². The number of carbonyl (C=O) groups is 1. The molecule has 0 fully saturated rings. The third kappa shape index (κ3) is 2.46. The lowest BCUT2D eigenvalue weighted by Crippen LogP contribution is -2.03. The van der Waals surface area contributed by atoms with E-state index in [1.54, 1.807) is 47.2 Å². The maximum absolute atomic E-state index is 11.1. The van der Waals surface area contributed by atoms with Gasteiger partial charge >= 0.3 is 5.97 Å². The van der Waals surface area contributed by atoms with Crippen LogP contribution in [0, 0.1) is 0 Å². The molecule has 0 saturated heterocycles. The zero-order valence-corrected chi connectivity index (χ0v) is 11.2. The zero-order valence-electron chi connectivity index (χ0n) is 10.4. The molecule has 3 aromatic rings. The smallest absolute Gasteiger partial charge is 0.336 e. The van der Waals surface area contributed by atoms with Crippen molar-refractivity contribution in [3.63, 3.8) is 0 Å². The number of hydrogen-bond donors (Lipinski definition) is 2. The molecular formula is C14H11N3O2S. The van der Waals surface area contributed by atoms with E-state index in [1.807, 2.05) is 5.38 Å². The van der Waals surface area contributed by atoms with Crippen molar-refractivity contribution in [3.8, 4) is 0 Å². The Hall–Kier alpha value is -2.47. The van der Waals surface area contributed by atoms with Crippen LogP contribution in [0.15, 0.2) is 41.2 Å². The van der Waals surface area contributed by atoms with Crippen LogP contribution in [0.4, 0.5) is 5.82 Å². The maximum Gasteiger partial charge on any atom is 0.336 e. The van der Waals surface area contributed by atoms with Crippen molar-refractivity contribution in [2.75, 3.05) is 5.32 Å². The molecule has 2 aromatic heterocycles. The van der Waals surface area contributed by atoms with Gasteiger partial charge in [-0.25, -0.2) is 14.8 Å². The summed E-state index contributed by atoms with van der Waals surface area (Å²) in [6, 6.07) is 8.63. The molecule has 6 heteroatoms. The maximum atomic E-state index is 11.1. The van der Waals surface area contributed by atoms with Gasteiger partial charge < -0.3 is 10.4 Å². The molecule has 0 radical (unpaired) electrons. The summed E-state index contributed by atoms with van der Waals surface area (Å²) in [6.07, 6.45) is 0. The van der Waals surface area contributed by atoms with Crippen LogP contribution in [-0.2, 0) is 6.54 Å². The van der Waals surface area contributed by atoms with Crippen LogP contribution >= 0.6 is 11.3 Å². The number of carboxylic acids is 1. The number of carboxylic acid groups (broad SMARTS) is 1. The third-order valence-electron chi connectivity index (χ3n) is 2.90. The minimum absolute atomic E-state index is 0.265. The number of nitrogens with one attached hydrogen (secondary N) is 1. The number of hydrogen-bond acceptors (Lipinski definition) is 5. The fraction of sp³-hybridized carbons (Fsp3) is 0.0714. The first-order valence-electron chi connectivity index (χ1n) is 5.98. The Kier molecular flexibility index (Phi) is 3.30. The predicted molar refractivity (Wildman–Crippen MR) is 78.1 cm³/mol. The molecule has 100 valence electrons. The Bertz CT molecular complexity index is 756. The zero-order chi connectivity index (χ0) is 13.9. The van der Waals surface area contributed by atoms with E-state index in [2.05, 4.69) is 15.3 Å². The highest BCUT2D eigenvalue weighted by atomic mass is 32.1. The molecule has 0 saturated carbocycles. The second kappa shape index (κ2) is 5.26. The lowest BCUT2D eigenvalue weighted by Gasteiger charge is -2.06. The van der Waals surface area contributed by atoms with Gasteiger partial charge in [0.15, 0.2) is 0 Å². The number of aromatic carboxylic acids is 1. The summed E-state index contributed by atoms with van der Waals surface area (Å²) in [4.78, 5) is 19.7. The monoisotopic (exact) mass is 285 g/mol. The normalized spacial score (nSPS) is 10.6. The number of benzene rings is 1. The van der Waals surface area contributed by atoms with Gasteiger partial charge in [0, 0.05) is 10.8 Å². The van der Waals surface area contributed by atoms with Gasteiger partial charge in [-0.1, -0.05) is 6.07 Å². The summed E-state index contributed by atoms with van der Waals surface area (Å²) >= 11 is 1.55. The molecule has 0 unspecified atom stereocenters. The summed E-state index contributed by atoms with van der Waals surface area (Å²) in [5.41, 5.74) is 3.66. The Balaban J connectivity index is 1.89. The number of nitrogens with zero attached hydrogens (tertiary/aromatic N) is 2. The van der Waals surface area contributed by atoms with Crippen LogP contribution in [0.3, 0.4) is 0 Å². The predicted octanol–water partition coefficient (Wildman–Crippen LogP) is 3.00. The van der Waals surface area contributed by atoms with Crippen LogP contribution in [0.5, 0.6) is 0 Å². The summed E-state index contributed by atoms with van der Waals surface area (Å²) < 4.78 is 0. The van der Waals surface area contributed by atoms with Crippen LogP contribution in [0.1, 0.15) is 16.1 Å². The van der Waals surface area contributed by atoms with E-state index >= 15 is 0 Å². The summed E-state index contributed by atoms with van der Waals surface area (Å²) in [6.45, 7) is 0.598. The summed E-state index contributed by atoms with van der Waals surface area (Å²) in [7, 11) is 0. The molecule has 2 heterocycles. The number of rotatable bonds is 4. The number of thiazole rings is 1. The van der Waals surface area contributed by atoms with E-state index < -0.39 is 5.97 Å². The first-order chi connectivity index (χ1) is 9.74. The van der Waals surface area contributed by atoms with E-state index in [0.717, 1.165) is 5.69 Å². The van der Waals surface area contributed by atoms with Crippen LogP contribution in [0.2, 0.25) is 0 Å². The first kappa shape index (κ1) is 12.6. The van der Waals surface area contributed by atoms with Gasteiger partial charge in [-0.3, -0.25) is 0 Å². The fourth-order valence-electron chi connectivity index (χ4n) is 1.95. The standard InChI is InChI=1S/C14H11N3O2S/c18-14(19)11-2-1-3-12-10(11)4-5-13(17-12)15-6-9-7-20-8-16-9/h1-5,7-8H,6H2,(H,15,17)(H,18,19). The average molecular weight is 285 g/mol. The molecule has 1 aromatic carbocycles. The van der Waals surface area contributed by atoms with E-state index in [4.69, 9.17) is 5.11 Å². The van der Waals surface area contributed by atoms with Crippen LogP contribution < -0.4 is 5.32 Å². The quantitative estimate of drug-likeness (QED) is 0.770. The number of aromatic nitrogens is 2. The van der Waals surface area contributed by atoms with Crippen LogP contribution in [-0.4, -0.2) is 21.0 Å². The molecule has 0 amide bonds. The van der Waals surface area contributed by atoms with Crippen molar-refractivity contribution in [2.45, 2.75) is 6.54 Å². The SMILES string of the molecule is O=C(O)c1cccc2nc(NCc3cscn3)ccc12. The molecule has 0 aliphatic heterocycles. The molecule has 0 spiro atoms. The van der Waals surface area contributed by atoms with Gasteiger partial charge in [0.25, 0.3) is 0 Å². The highest BCUT2D eigenvalue weighted by Gasteiger charge is 2.09. The molecule has 0 bridgehead atoms. The Labute approximate surface area is 118 Å².